The topological polar surface area (TPSA) is 95.3 Å². The lowest BCUT2D eigenvalue weighted by atomic mass is 10.1. The van der Waals surface area contributed by atoms with E-state index in [2.05, 4.69) is 15.3 Å². The van der Waals surface area contributed by atoms with Gasteiger partial charge in [-0.25, -0.2) is 4.98 Å². The number of amides is 1. The number of hydrogen-bond acceptors (Lipinski definition) is 5. The molecule has 0 fully saturated rings. The van der Waals surface area contributed by atoms with E-state index in [1.807, 2.05) is 0 Å². The molecule has 0 atom stereocenters. The van der Waals surface area contributed by atoms with Crippen LogP contribution in [0.3, 0.4) is 0 Å². The van der Waals surface area contributed by atoms with Crippen molar-refractivity contribution >= 4 is 11.7 Å². The summed E-state index contributed by atoms with van der Waals surface area (Å²) in [5.74, 6) is 0.494. The summed E-state index contributed by atoms with van der Waals surface area (Å²) in [6, 6.07) is 13.1. The first-order valence-corrected chi connectivity index (χ1v) is 7.29. The Bertz CT molecular complexity index is 829. The van der Waals surface area contributed by atoms with Gasteiger partial charge in [-0.3, -0.25) is 9.78 Å². The highest BCUT2D eigenvalue weighted by Crippen LogP contribution is 2.19. The summed E-state index contributed by atoms with van der Waals surface area (Å²) in [6.07, 6.45) is 3.22. The van der Waals surface area contributed by atoms with Crippen LogP contribution in [-0.2, 0) is 11.2 Å². The molecule has 0 aliphatic heterocycles. The minimum Gasteiger partial charge on any atom is -0.508 e. The van der Waals surface area contributed by atoms with Crippen molar-refractivity contribution < 1.29 is 15.0 Å². The van der Waals surface area contributed by atoms with Crippen molar-refractivity contribution in [2.24, 2.45) is 0 Å². The van der Waals surface area contributed by atoms with E-state index >= 15 is 0 Å². The van der Waals surface area contributed by atoms with E-state index in [1.54, 1.807) is 42.6 Å². The minimum atomic E-state index is -0.215. The fourth-order valence-electron chi connectivity index (χ4n) is 2.16. The number of hydrogen-bond donors (Lipinski definition) is 3. The zero-order chi connectivity index (χ0) is 16.9. The van der Waals surface area contributed by atoms with Gasteiger partial charge in [0, 0.05) is 5.56 Å². The molecule has 120 valence electrons. The molecule has 24 heavy (non-hydrogen) atoms. The van der Waals surface area contributed by atoms with Crippen LogP contribution < -0.4 is 5.32 Å². The third-order valence-corrected chi connectivity index (χ3v) is 3.38. The summed E-state index contributed by atoms with van der Waals surface area (Å²) >= 11 is 0. The standard InChI is InChI=1S/C18H15N3O3/c22-14-5-1-12(2-6-14)9-18(24)21-17-11-19-16(10-20-17)13-3-7-15(23)8-4-13/h1-8,10-11,22-23H,9H2,(H,20,21,24). The van der Waals surface area contributed by atoms with Gasteiger partial charge in [-0.1, -0.05) is 12.1 Å². The Balaban J connectivity index is 1.64. The van der Waals surface area contributed by atoms with E-state index in [1.165, 1.54) is 18.3 Å². The molecular weight excluding hydrogens is 306 g/mol. The maximum absolute atomic E-state index is 12.0. The third kappa shape index (κ3) is 3.86. The molecule has 6 heteroatoms. The summed E-state index contributed by atoms with van der Waals surface area (Å²) in [4.78, 5) is 20.4. The second-order valence-corrected chi connectivity index (χ2v) is 5.23. The molecule has 1 amide bonds. The molecule has 6 nitrogen and oxygen atoms in total. The van der Waals surface area contributed by atoms with Crippen LogP contribution in [0.25, 0.3) is 11.3 Å². The smallest absolute Gasteiger partial charge is 0.229 e. The van der Waals surface area contributed by atoms with E-state index in [-0.39, 0.29) is 23.8 Å². The SMILES string of the molecule is O=C(Cc1ccc(O)cc1)Nc1cnc(-c2ccc(O)cc2)cn1. The monoisotopic (exact) mass is 321 g/mol. The molecule has 0 spiro atoms. The van der Waals surface area contributed by atoms with Crippen molar-refractivity contribution in [3.63, 3.8) is 0 Å². The Hall–Kier alpha value is -3.41. The van der Waals surface area contributed by atoms with Crippen LogP contribution in [0.2, 0.25) is 0 Å². The number of benzene rings is 2. The second kappa shape index (κ2) is 6.78. The molecule has 0 aliphatic rings. The molecule has 3 N–H and O–H groups in total. The van der Waals surface area contributed by atoms with Gasteiger partial charge in [-0.05, 0) is 42.0 Å². The molecule has 0 bridgehead atoms. The number of carbonyl (C=O) groups is 1. The number of aromatic nitrogens is 2. The van der Waals surface area contributed by atoms with Crippen molar-refractivity contribution in [2.45, 2.75) is 6.42 Å². The van der Waals surface area contributed by atoms with Crippen molar-refractivity contribution in [1.29, 1.82) is 0 Å². The molecule has 0 saturated carbocycles. The van der Waals surface area contributed by atoms with Gasteiger partial charge >= 0.3 is 0 Å². The van der Waals surface area contributed by atoms with Gasteiger partial charge in [0.15, 0.2) is 5.82 Å². The normalized spacial score (nSPS) is 10.3. The van der Waals surface area contributed by atoms with Crippen LogP contribution in [0.4, 0.5) is 5.82 Å². The number of anilines is 1. The van der Waals surface area contributed by atoms with Gasteiger partial charge in [0.05, 0.1) is 24.5 Å². The van der Waals surface area contributed by atoms with Crippen molar-refractivity contribution in [3.8, 4) is 22.8 Å². The molecule has 0 radical (unpaired) electrons. The number of aromatic hydroxyl groups is 2. The number of carbonyl (C=O) groups excluding carboxylic acids is 1. The number of phenolic OH excluding ortho intramolecular Hbond substituents is 2. The van der Waals surface area contributed by atoms with Gasteiger partial charge in [-0.15, -0.1) is 0 Å². The quantitative estimate of drug-likeness (QED) is 0.687. The van der Waals surface area contributed by atoms with Crippen molar-refractivity contribution in [2.75, 3.05) is 5.32 Å². The third-order valence-electron chi connectivity index (χ3n) is 3.38. The minimum absolute atomic E-state index is 0.162. The van der Waals surface area contributed by atoms with Crippen molar-refractivity contribution in [1.82, 2.24) is 9.97 Å². The lowest BCUT2D eigenvalue weighted by Gasteiger charge is -2.06. The summed E-state index contributed by atoms with van der Waals surface area (Å²) in [6.45, 7) is 0. The zero-order valence-corrected chi connectivity index (χ0v) is 12.7. The van der Waals surface area contributed by atoms with Gasteiger partial charge in [0.25, 0.3) is 0 Å². The van der Waals surface area contributed by atoms with E-state index in [0.29, 0.717) is 11.5 Å². The maximum atomic E-state index is 12.0. The molecular formula is C18H15N3O3. The highest BCUT2D eigenvalue weighted by atomic mass is 16.3. The highest BCUT2D eigenvalue weighted by Gasteiger charge is 2.06. The van der Waals surface area contributed by atoms with Gasteiger partial charge in [0.2, 0.25) is 5.91 Å². The van der Waals surface area contributed by atoms with Crippen LogP contribution in [0, 0.1) is 0 Å². The number of rotatable bonds is 4. The lowest BCUT2D eigenvalue weighted by Crippen LogP contribution is -2.15. The predicted octanol–water partition coefficient (Wildman–Crippen LogP) is 2.74. The molecule has 1 heterocycles. The van der Waals surface area contributed by atoms with Crippen LogP contribution in [0.1, 0.15) is 5.56 Å². The van der Waals surface area contributed by atoms with Crippen LogP contribution in [-0.4, -0.2) is 26.1 Å². The first-order valence-electron chi connectivity index (χ1n) is 7.29. The lowest BCUT2D eigenvalue weighted by molar-refractivity contribution is -0.115. The molecule has 0 saturated heterocycles. The second-order valence-electron chi connectivity index (χ2n) is 5.23. The number of nitrogens with zero attached hydrogens (tertiary/aromatic N) is 2. The molecule has 2 aromatic carbocycles. The fraction of sp³-hybridized carbons (Fsp3) is 0.0556. The predicted molar refractivity (Wildman–Crippen MR) is 89.6 cm³/mol. The average molecular weight is 321 g/mol. The molecule has 1 aromatic heterocycles. The average Bonchev–Trinajstić information content (AvgIpc) is 2.58. The van der Waals surface area contributed by atoms with Crippen LogP contribution in [0.15, 0.2) is 60.9 Å². The Kier molecular flexibility index (Phi) is 4.38. The summed E-state index contributed by atoms with van der Waals surface area (Å²) < 4.78 is 0. The maximum Gasteiger partial charge on any atom is 0.229 e. The van der Waals surface area contributed by atoms with Crippen molar-refractivity contribution in [3.05, 3.63) is 66.5 Å². The number of phenols is 2. The summed E-state index contributed by atoms with van der Waals surface area (Å²) in [5, 5.41) is 21.2. The van der Waals surface area contributed by atoms with E-state index < -0.39 is 0 Å². The zero-order valence-electron chi connectivity index (χ0n) is 12.7. The largest absolute Gasteiger partial charge is 0.508 e. The Morgan fingerprint density at radius 3 is 2.08 bits per heavy atom. The van der Waals surface area contributed by atoms with Crippen LogP contribution in [0.5, 0.6) is 11.5 Å². The fourth-order valence-corrected chi connectivity index (χ4v) is 2.16. The molecule has 3 aromatic rings. The van der Waals surface area contributed by atoms with E-state index in [9.17, 15) is 15.0 Å². The Morgan fingerprint density at radius 1 is 0.875 bits per heavy atom. The van der Waals surface area contributed by atoms with E-state index in [0.717, 1.165) is 11.1 Å². The molecule has 0 unspecified atom stereocenters. The Morgan fingerprint density at radius 2 is 1.50 bits per heavy atom. The van der Waals surface area contributed by atoms with Gasteiger partial charge < -0.3 is 15.5 Å². The van der Waals surface area contributed by atoms with Gasteiger partial charge in [-0.2, -0.15) is 0 Å². The van der Waals surface area contributed by atoms with Crippen LogP contribution >= 0.6 is 0 Å². The molecule has 3 rings (SSSR count). The van der Waals surface area contributed by atoms with E-state index in [4.69, 9.17) is 0 Å². The summed E-state index contributed by atoms with van der Waals surface area (Å²) in [5.41, 5.74) is 2.26. The molecule has 0 aliphatic carbocycles. The highest BCUT2D eigenvalue weighted by molar-refractivity contribution is 5.91. The first kappa shape index (κ1) is 15.5. The first-order chi connectivity index (χ1) is 11.6. The summed E-state index contributed by atoms with van der Waals surface area (Å²) in [7, 11) is 0. The Labute approximate surface area is 138 Å². The van der Waals surface area contributed by atoms with Gasteiger partial charge in [0.1, 0.15) is 11.5 Å². The number of nitrogens with one attached hydrogen (secondary N) is 1.